The number of nitrogens with zero attached hydrogens (tertiary/aromatic N) is 5. The summed E-state index contributed by atoms with van der Waals surface area (Å²) < 4.78 is 7.68. The number of H-pyrrole nitrogens is 1. The fourth-order valence-corrected chi connectivity index (χ4v) is 7.63. The van der Waals surface area contributed by atoms with Crippen molar-refractivity contribution in [2.75, 3.05) is 39.2 Å². The SMILES string of the molecule is CNc1cc2[nH]c(C3CCCN3C)cc2cn1.Cc1nn(CCCCCOCC#Cc2cccc3c2CN(C(C)CCC(=O)NC=O)C3=O)c2cc(C=O)ccc12. The number of likely N-dealkylation sites (tertiary alicyclic amines) is 1. The monoisotopic (exact) mass is 772 g/mol. The van der Waals surface area contributed by atoms with Gasteiger partial charge in [0.25, 0.3) is 5.91 Å². The molecule has 2 unspecified atom stereocenters. The number of hydrogen-bond donors (Lipinski definition) is 3. The number of aldehydes is 1. The molecule has 0 saturated carbocycles. The molecule has 2 atom stereocenters. The van der Waals surface area contributed by atoms with E-state index in [2.05, 4.69) is 61.6 Å². The fraction of sp³-hybridized carbons (Fsp3) is 0.409. The van der Waals surface area contributed by atoms with E-state index in [1.54, 1.807) is 11.0 Å². The van der Waals surface area contributed by atoms with Crippen LogP contribution in [-0.4, -0.2) is 94.0 Å². The van der Waals surface area contributed by atoms with Gasteiger partial charge in [-0.05, 0) is 95.8 Å². The molecule has 5 heterocycles. The van der Waals surface area contributed by atoms with Crippen LogP contribution in [0.2, 0.25) is 0 Å². The maximum absolute atomic E-state index is 12.9. The average Bonchev–Trinajstić information content (AvgIpc) is 4.00. The highest BCUT2D eigenvalue weighted by Gasteiger charge is 2.32. The Labute approximate surface area is 333 Å². The molecule has 3 amide bonds. The molecule has 13 nitrogen and oxygen atoms in total. The van der Waals surface area contributed by atoms with Crippen LogP contribution in [0, 0.1) is 18.8 Å². The number of nitrogens with one attached hydrogen (secondary N) is 3. The van der Waals surface area contributed by atoms with Gasteiger partial charge in [0.05, 0.1) is 16.7 Å². The molecule has 7 rings (SSSR count). The standard InChI is InChI=1S/C31H34N4O5.C13H18N4/c1-22(11-14-30(38)32-21-37)34-19-28-25(8-6-10-27(28)31(34)39)9-7-17-40-16-5-3-4-15-35-29-18-24(20-36)12-13-26(29)23(2)33-35;1-14-13-7-10-9(8-15-13)6-11(16-10)12-4-3-5-17(12)2/h6,8,10,12-13,18,20-22H,3-5,11,14-17,19H2,1-2H3,(H,32,37,38);6-8,12,16H,3-5H2,1-2H3,(H,14,15). The van der Waals surface area contributed by atoms with Crippen molar-refractivity contribution in [1.29, 1.82) is 0 Å². The molecule has 57 heavy (non-hydrogen) atoms. The van der Waals surface area contributed by atoms with Crippen molar-refractivity contribution in [2.45, 2.75) is 84.0 Å². The van der Waals surface area contributed by atoms with Crippen LogP contribution in [0.4, 0.5) is 5.82 Å². The Bertz CT molecular complexity index is 2280. The number of benzene rings is 2. The third-order valence-electron chi connectivity index (χ3n) is 10.8. The summed E-state index contributed by atoms with van der Waals surface area (Å²) in [5.74, 6) is 6.70. The first-order valence-electron chi connectivity index (χ1n) is 19.7. The van der Waals surface area contributed by atoms with Gasteiger partial charge in [0, 0.05) is 90.7 Å². The molecule has 0 radical (unpaired) electrons. The van der Waals surface area contributed by atoms with E-state index in [1.807, 2.05) is 62.1 Å². The van der Waals surface area contributed by atoms with Crippen molar-refractivity contribution in [3.63, 3.8) is 0 Å². The normalized spacial score (nSPS) is 15.5. The summed E-state index contributed by atoms with van der Waals surface area (Å²) in [6.45, 7) is 7.22. The second-order valence-corrected chi connectivity index (χ2v) is 14.7. The lowest BCUT2D eigenvalue weighted by atomic mass is 10.0. The van der Waals surface area contributed by atoms with Crippen molar-refractivity contribution < 1.29 is 23.9 Å². The number of carbonyl (C=O) groups is 4. The summed E-state index contributed by atoms with van der Waals surface area (Å²) in [5.41, 5.74) is 7.43. The molecule has 3 aromatic heterocycles. The van der Waals surface area contributed by atoms with E-state index in [0.29, 0.717) is 49.8 Å². The Morgan fingerprint density at radius 1 is 1.14 bits per heavy atom. The maximum Gasteiger partial charge on any atom is 0.254 e. The fourth-order valence-electron chi connectivity index (χ4n) is 7.63. The van der Waals surface area contributed by atoms with Crippen molar-refractivity contribution in [2.24, 2.45) is 0 Å². The van der Waals surface area contributed by atoms with E-state index in [4.69, 9.17) is 4.74 Å². The van der Waals surface area contributed by atoms with Gasteiger partial charge in [-0.1, -0.05) is 30.0 Å². The predicted molar refractivity (Wildman–Crippen MR) is 221 cm³/mol. The largest absolute Gasteiger partial charge is 0.373 e. The minimum absolute atomic E-state index is 0.0688. The topological polar surface area (TPSA) is 155 Å². The van der Waals surface area contributed by atoms with Crippen molar-refractivity contribution >= 4 is 52.1 Å². The molecular formula is C44H52N8O5. The number of fused-ring (bicyclic) bond motifs is 3. The minimum atomic E-state index is -0.353. The van der Waals surface area contributed by atoms with Crippen LogP contribution in [0.5, 0.6) is 0 Å². The van der Waals surface area contributed by atoms with Gasteiger partial charge in [-0.25, -0.2) is 4.98 Å². The number of ether oxygens (including phenoxy) is 1. The highest BCUT2D eigenvalue weighted by Crippen LogP contribution is 2.32. The average molecular weight is 773 g/mol. The van der Waals surface area contributed by atoms with E-state index < -0.39 is 0 Å². The van der Waals surface area contributed by atoms with E-state index in [0.717, 1.165) is 65.6 Å². The van der Waals surface area contributed by atoms with E-state index in [9.17, 15) is 19.2 Å². The number of aryl methyl sites for hydroxylation is 2. The number of unbranched alkanes of at least 4 members (excludes halogenated alkanes) is 2. The summed E-state index contributed by atoms with van der Waals surface area (Å²) in [6.07, 6.45) is 9.18. The number of rotatable bonds is 15. The Kier molecular flexibility index (Phi) is 13.9. The molecule has 2 aliphatic rings. The minimum Gasteiger partial charge on any atom is -0.373 e. The smallest absolute Gasteiger partial charge is 0.254 e. The molecule has 13 heteroatoms. The zero-order valence-corrected chi connectivity index (χ0v) is 33.3. The zero-order chi connectivity index (χ0) is 40.3. The van der Waals surface area contributed by atoms with Crippen molar-refractivity contribution in [1.82, 2.24) is 34.9 Å². The van der Waals surface area contributed by atoms with E-state index in [1.165, 1.54) is 36.0 Å². The van der Waals surface area contributed by atoms with Crippen molar-refractivity contribution in [3.05, 3.63) is 88.4 Å². The molecule has 3 N–H and O–H groups in total. The first-order chi connectivity index (χ1) is 27.7. The highest BCUT2D eigenvalue weighted by molar-refractivity contribution is 5.99. The number of aromatic amines is 1. The van der Waals surface area contributed by atoms with E-state index >= 15 is 0 Å². The Hall–Kier alpha value is -5.84. The molecule has 0 aliphatic carbocycles. The Balaban J connectivity index is 0.000000266. The number of aromatic nitrogens is 4. The molecular weight excluding hydrogens is 721 g/mol. The molecule has 0 spiro atoms. The number of imide groups is 1. The van der Waals surface area contributed by atoms with Gasteiger partial charge >= 0.3 is 0 Å². The van der Waals surface area contributed by atoms with Crippen LogP contribution < -0.4 is 10.6 Å². The lowest BCUT2D eigenvalue weighted by Gasteiger charge is -2.24. The van der Waals surface area contributed by atoms with Gasteiger partial charge in [-0.3, -0.25) is 34.1 Å². The number of amides is 3. The van der Waals surface area contributed by atoms with Gasteiger partial charge in [0.2, 0.25) is 12.3 Å². The first-order valence-corrected chi connectivity index (χ1v) is 19.7. The summed E-state index contributed by atoms with van der Waals surface area (Å²) >= 11 is 0. The quantitative estimate of drug-likeness (QED) is 0.0645. The second-order valence-electron chi connectivity index (χ2n) is 14.7. The van der Waals surface area contributed by atoms with E-state index in [-0.39, 0.29) is 24.3 Å². The van der Waals surface area contributed by atoms with Crippen LogP contribution >= 0.6 is 0 Å². The van der Waals surface area contributed by atoms with Crippen LogP contribution in [0.15, 0.2) is 54.7 Å². The summed E-state index contributed by atoms with van der Waals surface area (Å²) in [7, 11) is 4.09. The van der Waals surface area contributed by atoms with Gasteiger partial charge in [0.1, 0.15) is 18.7 Å². The molecule has 0 bridgehead atoms. The first kappa shape index (κ1) is 40.8. The Morgan fingerprint density at radius 2 is 2.00 bits per heavy atom. The maximum atomic E-state index is 12.9. The lowest BCUT2D eigenvalue weighted by molar-refractivity contribution is -0.125. The van der Waals surface area contributed by atoms with Gasteiger partial charge < -0.3 is 19.9 Å². The molecule has 298 valence electrons. The highest BCUT2D eigenvalue weighted by atomic mass is 16.5. The molecule has 1 fully saturated rings. The Morgan fingerprint density at radius 3 is 2.77 bits per heavy atom. The second kappa shape index (κ2) is 19.3. The van der Waals surface area contributed by atoms with Gasteiger partial charge in [-0.2, -0.15) is 5.10 Å². The lowest BCUT2D eigenvalue weighted by Crippen LogP contribution is -2.34. The summed E-state index contributed by atoms with van der Waals surface area (Å²) in [4.78, 5) is 58.1. The molecule has 1 saturated heterocycles. The number of anilines is 1. The van der Waals surface area contributed by atoms with Crippen molar-refractivity contribution in [3.8, 4) is 11.8 Å². The van der Waals surface area contributed by atoms with Crippen LogP contribution in [-0.2, 0) is 27.4 Å². The summed E-state index contributed by atoms with van der Waals surface area (Å²) in [6, 6.07) is 15.9. The van der Waals surface area contributed by atoms with Crippen LogP contribution in [0.1, 0.15) is 101 Å². The predicted octanol–water partition coefficient (Wildman–Crippen LogP) is 6.16. The molecule has 2 aromatic carbocycles. The van der Waals surface area contributed by atoms with Gasteiger partial charge in [-0.15, -0.1) is 0 Å². The third-order valence-corrected chi connectivity index (χ3v) is 10.8. The number of hydrogen-bond acceptors (Lipinski definition) is 9. The number of carbonyl (C=O) groups excluding carboxylic acids is 4. The summed E-state index contributed by atoms with van der Waals surface area (Å²) in [5, 5.41) is 12.1. The molecule has 5 aromatic rings. The van der Waals surface area contributed by atoms with Crippen LogP contribution in [0.3, 0.4) is 0 Å². The van der Waals surface area contributed by atoms with Gasteiger partial charge in [0.15, 0.2) is 0 Å². The third kappa shape index (κ3) is 9.94. The number of pyridine rings is 1. The molecule has 2 aliphatic heterocycles. The van der Waals surface area contributed by atoms with Crippen LogP contribution in [0.25, 0.3) is 21.8 Å². The zero-order valence-electron chi connectivity index (χ0n) is 33.3.